The number of aromatic nitrogens is 1. The molecule has 116 valence electrons. The summed E-state index contributed by atoms with van der Waals surface area (Å²) >= 11 is 0. The summed E-state index contributed by atoms with van der Waals surface area (Å²) in [7, 11) is 0. The van der Waals surface area contributed by atoms with E-state index in [0.717, 1.165) is 18.5 Å². The van der Waals surface area contributed by atoms with Crippen LogP contribution in [0, 0.1) is 11.3 Å². The lowest BCUT2D eigenvalue weighted by molar-refractivity contribution is 0.0944. The molecule has 1 N–H and O–H groups in total. The fourth-order valence-corrected chi connectivity index (χ4v) is 2.63. The summed E-state index contributed by atoms with van der Waals surface area (Å²) in [6.45, 7) is 1.03. The van der Waals surface area contributed by atoms with E-state index in [1.165, 1.54) is 0 Å². The van der Waals surface area contributed by atoms with E-state index in [1.807, 2.05) is 18.2 Å². The summed E-state index contributed by atoms with van der Waals surface area (Å²) in [5.41, 5.74) is 1.48. The molecular weight excluding hydrogens is 294 g/mol. The van der Waals surface area contributed by atoms with E-state index in [4.69, 9.17) is 9.47 Å². The average molecular weight is 309 g/mol. The summed E-state index contributed by atoms with van der Waals surface area (Å²) in [5.74, 6) is 1.12. The minimum atomic E-state index is -0.219. The number of carbonyl (C=O) groups is 1. The molecular formula is C17H15N3O3. The van der Waals surface area contributed by atoms with Crippen molar-refractivity contribution in [3.05, 3.63) is 41.7 Å². The van der Waals surface area contributed by atoms with Crippen LogP contribution in [-0.2, 0) is 0 Å². The largest absolute Gasteiger partial charge is 0.486 e. The Morgan fingerprint density at radius 3 is 2.74 bits per heavy atom. The van der Waals surface area contributed by atoms with Gasteiger partial charge in [-0.1, -0.05) is 0 Å². The van der Waals surface area contributed by atoms with Gasteiger partial charge in [-0.2, -0.15) is 5.26 Å². The first-order valence-electron chi connectivity index (χ1n) is 7.58. The number of nitrogens with one attached hydrogen (secondary N) is 1. The van der Waals surface area contributed by atoms with E-state index in [2.05, 4.69) is 11.4 Å². The zero-order chi connectivity index (χ0) is 15.8. The molecule has 0 unspecified atom stereocenters. The van der Waals surface area contributed by atoms with Gasteiger partial charge in [0.25, 0.3) is 5.91 Å². The fraction of sp³-hybridized carbons (Fsp3) is 0.294. The number of nitriles is 1. The Morgan fingerprint density at radius 1 is 1.22 bits per heavy atom. The van der Waals surface area contributed by atoms with E-state index in [0.29, 0.717) is 36.0 Å². The van der Waals surface area contributed by atoms with Gasteiger partial charge in [-0.05, 0) is 31.0 Å². The van der Waals surface area contributed by atoms with Crippen molar-refractivity contribution >= 4 is 5.91 Å². The molecule has 1 aromatic carbocycles. The van der Waals surface area contributed by atoms with Crippen molar-refractivity contribution in [3.63, 3.8) is 0 Å². The molecule has 1 amide bonds. The topological polar surface area (TPSA) is 76.3 Å². The van der Waals surface area contributed by atoms with Crippen LogP contribution in [0.1, 0.15) is 28.9 Å². The highest BCUT2D eigenvalue weighted by molar-refractivity contribution is 5.96. The van der Waals surface area contributed by atoms with E-state index >= 15 is 0 Å². The third-order valence-corrected chi connectivity index (χ3v) is 3.94. The molecule has 6 heteroatoms. The van der Waals surface area contributed by atoms with Gasteiger partial charge in [-0.25, -0.2) is 0 Å². The van der Waals surface area contributed by atoms with Crippen LogP contribution in [0.3, 0.4) is 0 Å². The van der Waals surface area contributed by atoms with Gasteiger partial charge in [0.1, 0.15) is 25.0 Å². The molecule has 0 saturated heterocycles. The smallest absolute Gasteiger partial charge is 0.269 e. The summed E-state index contributed by atoms with van der Waals surface area (Å²) in [5, 5.41) is 12.2. The number of hydrogen-bond donors (Lipinski definition) is 1. The SMILES string of the molecule is N#Cc1ccn(-c2ccc3c(c2)OCCO3)c1C(=O)NC1CC1. The van der Waals surface area contributed by atoms with Gasteiger partial charge in [-0.15, -0.1) is 0 Å². The maximum absolute atomic E-state index is 12.5. The maximum atomic E-state index is 12.5. The Morgan fingerprint density at radius 2 is 2.00 bits per heavy atom. The van der Waals surface area contributed by atoms with Crippen LogP contribution in [0.4, 0.5) is 0 Å². The Labute approximate surface area is 133 Å². The van der Waals surface area contributed by atoms with Crippen LogP contribution >= 0.6 is 0 Å². The molecule has 1 aliphatic heterocycles. The molecule has 6 nitrogen and oxygen atoms in total. The molecule has 0 radical (unpaired) electrons. The number of ether oxygens (including phenoxy) is 2. The molecule has 2 aliphatic rings. The number of carbonyl (C=O) groups excluding carboxylic acids is 1. The van der Waals surface area contributed by atoms with Crippen LogP contribution < -0.4 is 14.8 Å². The minimum Gasteiger partial charge on any atom is -0.486 e. The lowest BCUT2D eigenvalue weighted by Crippen LogP contribution is -2.28. The fourth-order valence-electron chi connectivity index (χ4n) is 2.63. The Hall–Kier alpha value is -2.94. The van der Waals surface area contributed by atoms with Gasteiger partial charge in [0.15, 0.2) is 11.5 Å². The van der Waals surface area contributed by atoms with Gasteiger partial charge < -0.3 is 19.4 Å². The number of hydrogen-bond acceptors (Lipinski definition) is 4. The molecule has 0 bridgehead atoms. The average Bonchev–Trinajstić information content (AvgIpc) is 3.28. The van der Waals surface area contributed by atoms with Crippen molar-refractivity contribution in [2.75, 3.05) is 13.2 Å². The van der Waals surface area contributed by atoms with E-state index in [1.54, 1.807) is 16.8 Å². The summed E-state index contributed by atoms with van der Waals surface area (Å²) in [6, 6.07) is 9.46. The molecule has 1 fully saturated rings. The molecule has 23 heavy (non-hydrogen) atoms. The highest BCUT2D eigenvalue weighted by atomic mass is 16.6. The standard InChI is InChI=1S/C17H15N3O3/c18-10-11-5-6-20(16(11)17(21)19-12-1-2-12)13-3-4-14-15(9-13)23-8-7-22-14/h3-6,9,12H,1-2,7-8H2,(H,19,21). The van der Waals surface area contributed by atoms with Crippen molar-refractivity contribution in [3.8, 4) is 23.3 Å². The Kier molecular flexibility index (Phi) is 3.19. The number of rotatable bonds is 3. The first-order valence-corrected chi connectivity index (χ1v) is 7.58. The summed E-state index contributed by atoms with van der Waals surface area (Å²) in [4.78, 5) is 12.5. The summed E-state index contributed by atoms with van der Waals surface area (Å²) in [6.07, 6.45) is 3.72. The molecule has 2 heterocycles. The van der Waals surface area contributed by atoms with Crippen molar-refractivity contribution in [2.24, 2.45) is 0 Å². The molecule has 0 spiro atoms. The van der Waals surface area contributed by atoms with E-state index in [-0.39, 0.29) is 11.9 Å². The molecule has 1 aliphatic carbocycles. The highest BCUT2D eigenvalue weighted by Crippen LogP contribution is 2.33. The van der Waals surface area contributed by atoms with Gasteiger partial charge in [-0.3, -0.25) is 4.79 Å². The predicted octanol–water partition coefficient (Wildman–Crippen LogP) is 2.01. The molecule has 1 aromatic heterocycles. The lowest BCUT2D eigenvalue weighted by atomic mass is 10.2. The van der Waals surface area contributed by atoms with Gasteiger partial charge in [0.2, 0.25) is 0 Å². The van der Waals surface area contributed by atoms with Crippen molar-refractivity contribution < 1.29 is 14.3 Å². The van der Waals surface area contributed by atoms with Crippen molar-refractivity contribution in [1.82, 2.24) is 9.88 Å². The monoisotopic (exact) mass is 309 g/mol. The number of amides is 1. The first-order chi connectivity index (χ1) is 11.3. The van der Waals surface area contributed by atoms with Crippen LogP contribution in [0.2, 0.25) is 0 Å². The molecule has 4 rings (SSSR count). The number of benzene rings is 1. The lowest BCUT2D eigenvalue weighted by Gasteiger charge is -2.19. The van der Waals surface area contributed by atoms with Gasteiger partial charge >= 0.3 is 0 Å². The second kappa shape index (κ2) is 5.36. The first kappa shape index (κ1) is 13.7. The van der Waals surface area contributed by atoms with Crippen LogP contribution in [0.15, 0.2) is 30.5 Å². The highest BCUT2D eigenvalue weighted by Gasteiger charge is 2.27. The predicted molar refractivity (Wildman–Crippen MR) is 82.0 cm³/mol. The van der Waals surface area contributed by atoms with Crippen molar-refractivity contribution in [1.29, 1.82) is 5.26 Å². The molecule has 0 atom stereocenters. The maximum Gasteiger partial charge on any atom is 0.269 e. The number of nitrogens with zero attached hydrogens (tertiary/aromatic N) is 2. The normalized spacial score (nSPS) is 15.8. The van der Waals surface area contributed by atoms with Gasteiger partial charge in [0, 0.05) is 24.0 Å². The van der Waals surface area contributed by atoms with Gasteiger partial charge in [0.05, 0.1) is 5.56 Å². The number of fused-ring (bicyclic) bond motifs is 1. The van der Waals surface area contributed by atoms with E-state index in [9.17, 15) is 10.1 Å². The second-order valence-corrected chi connectivity index (χ2v) is 5.64. The zero-order valence-electron chi connectivity index (χ0n) is 12.4. The molecule has 1 saturated carbocycles. The zero-order valence-corrected chi connectivity index (χ0v) is 12.4. The Bertz CT molecular complexity index is 815. The van der Waals surface area contributed by atoms with Crippen LogP contribution in [0.5, 0.6) is 11.5 Å². The second-order valence-electron chi connectivity index (χ2n) is 5.64. The quantitative estimate of drug-likeness (QED) is 0.941. The Balaban J connectivity index is 1.75. The van der Waals surface area contributed by atoms with E-state index < -0.39 is 0 Å². The molecule has 2 aromatic rings. The minimum absolute atomic E-state index is 0.219. The third kappa shape index (κ3) is 2.50. The third-order valence-electron chi connectivity index (χ3n) is 3.94. The summed E-state index contributed by atoms with van der Waals surface area (Å²) < 4.78 is 12.8. The van der Waals surface area contributed by atoms with Crippen LogP contribution in [0.25, 0.3) is 5.69 Å². The van der Waals surface area contributed by atoms with Crippen LogP contribution in [-0.4, -0.2) is 29.7 Å². The van der Waals surface area contributed by atoms with Crippen molar-refractivity contribution in [2.45, 2.75) is 18.9 Å².